The molecule has 2 aliphatic carbocycles. The molecule has 0 radical (unpaired) electrons. The number of thiophene rings is 1. The number of nitrogens with zero attached hydrogens (tertiary/aromatic N) is 1. The van der Waals surface area contributed by atoms with Crippen LogP contribution in [-0.4, -0.2) is 4.57 Å². The van der Waals surface area contributed by atoms with E-state index in [-0.39, 0.29) is 0 Å². The molecule has 8 aromatic carbocycles. The maximum Gasteiger partial charge on any atom is 0.0537 e. The first-order valence-electron chi connectivity index (χ1n) is 20.0. The molecule has 0 atom stereocenters. The van der Waals surface area contributed by atoms with Gasteiger partial charge in [0.2, 0.25) is 0 Å². The van der Waals surface area contributed by atoms with Crippen LogP contribution in [0.15, 0.2) is 182 Å². The number of rotatable bonds is 5. The highest BCUT2D eigenvalue weighted by atomic mass is 32.1. The third-order valence-corrected chi connectivity index (χ3v) is 13.4. The number of allylic oxidation sites excluding steroid dienone is 1. The Morgan fingerprint density at radius 1 is 0.421 bits per heavy atom. The van der Waals surface area contributed by atoms with Crippen LogP contribution < -0.4 is 0 Å². The second-order valence-electron chi connectivity index (χ2n) is 15.6. The molecule has 0 fully saturated rings. The van der Waals surface area contributed by atoms with Crippen molar-refractivity contribution in [2.75, 3.05) is 0 Å². The summed E-state index contributed by atoms with van der Waals surface area (Å²) >= 11 is 1.88. The molecular formula is C55H37NS. The molecule has 2 heteroatoms. The van der Waals surface area contributed by atoms with Gasteiger partial charge in [-0.05, 0) is 158 Å². The van der Waals surface area contributed by atoms with Crippen molar-refractivity contribution >= 4 is 48.5 Å². The van der Waals surface area contributed by atoms with Crippen LogP contribution in [0.3, 0.4) is 0 Å². The Bertz CT molecular complexity index is 3260. The average molecular weight is 744 g/mol. The lowest BCUT2D eigenvalue weighted by Crippen LogP contribution is -2.00. The number of aryl methyl sites for hydroxylation is 1. The van der Waals surface area contributed by atoms with Crippen molar-refractivity contribution in [2.24, 2.45) is 0 Å². The highest BCUT2D eigenvalue weighted by molar-refractivity contribution is 7.25. The van der Waals surface area contributed by atoms with E-state index in [1.807, 2.05) is 11.3 Å². The van der Waals surface area contributed by atoms with Crippen molar-refractivity contribution in [1.29, 1.82) is 0 Å². The Hall–Kier alpha value is -6.74. The van der Waals surface area contributed by atoms with E-state index >= 15 is 0 Å². The van der Waals surface area contributed by atoms with Gasteiger partial charge in [-0.3, -0.25) is 0 Å². The molecule has 0 unspecified atom stereocenters. The molecule has 10 aromatic rings. The molecule has 268 valence electrons. The van der Waals surface area contributed by atoms with E-state index in [1.54, 1.807) is 0 Å². The first-order valence-corrected chi connectivity index (χ1v) is 20.8. The van der Waals surface area contributed by atoms with E-state index in [1.165, 1.54) is 115 Å². The van der Waals surface area contributed by atoms with Gasteiger partial charge in [-0.2, -0.15) is 0 Å². The second kappa shape index (κ2) is 12.9. The lowest BCUT2D eigenvalue weighted by atomic mass is 9.94. The smallest absolute Gasteiger partial charge is 0.0537 e. The lowest BCUT2D eigenvalue weighted by Gasteiger charge is -2.14. The molecule has 0 spiro atoms. The average Bonchev–Trinajstić information content (AvgIpc) is 3.95. The summed E-state index contributed by atoms with van der Waals surface area (Å²) in [5, 5.41) is 4.03. The Labute approximate surface area is 336 Å². The Kier molecular flexibility index (Phi) is 7.36. The maximum atomic E-state index is 2.45. The summed E-state index contributed by atoms with van der Waals surface area (Å²) in [6, 6.07) is 65.8. The van der Waals surface area contributed by atoms with Crippen LogP contribution in [0.2, 0.25) is 0 Å². The number of hydrogen-bond donors (Lipinski definition) is 0. The summed E-state index contributed by atoms with van der Waals surface area (Å²) in [7, 11) is 0. The third kappa shape index (κ3) is 5.36. The van der Waals surface area contributed by atoms with E-state index < -0.39 is 0 Å². The molecule has 0 N–H and O–H groups in total. The number of para-hydroxylation sites is 1. The van der Waals surface area contributed by atoms with Gasteiger partial charge in [0.1, 0.15) is 0 Å². The Morgan fingerprint density at radius 3 is 1.70 bits per heavy atom. The van der Waals surface area contributed by atoms with E-state index in [9.17, 15) is 0 Å². The molecule has 12 rings (SSSR count). The first-order chi connectivity index (χ1) is 28.2. The third-order valence-electron chi connectivity index (χ3n) is 12.3. The Morgan fingerprint density at radius 2 is 0.982 bits per heavy atom. The van der Waals surface area contributed by atoms with Crippen molar-refractivity contribution in [2.45, 2.75) is 19.3 Å². The molecule has 2 aliphatic rings. The quantitative estimate of drug-likeness (QED) is 0.165. The van der Waals surface area contributed by atoms with Gasteiger partial charge in [0.25, 0.3) is 0 Å². The van der Waals surface area contributed by atoms with E-state index in [4.69, 9.17) is 0 Å². The molecule has 1 nitrogen and oxygen atoms in total. The van der Waals surface area contributed by atoms with Gasteiger partial charge in [-0.1, -0.05) is 121 Å². The molecule has 0 saturated heterocycles. The van der Waals surface area contributed by atoms with Crippen molar-refractivity contribution in [3.8, 4) is 61.3 Å². The fourth-order valence-corrected chi connectivity index (χ4v) is 10.5. The van der Waals surface area contributed by atoms with Crippen LogP contribution >= 0.6 is 11.3 Å². The fraction of sp³-hybridized carbons (Fsp3) is 0.0545. The normalized spacial score (nSPS) is 13.0. The largest absolute Gasteiger partial charge is 0.310 e. The summed E-state index contributed by atoms with van der Waals surface area (Å²) < 4.78 is 5.11. The predicted octanol–water partition coefficient (Wildman–Crippen LogP) is 15.2. The van der Waals surface area contributed by atoms with Crippen LogP contribution in [0.5, 0.6) is 0 Å². The molecule has 0 aliphatic heterocycles. The molecule has 0 saturated carbocycles. The lowest BCUT2D eigenvalue weighted by molar-refractivity contribution is 0.968. The molecule has 0 amide bonds. The summed E-state index contributed by atoms with van der Waals surface area (Å²) in [5.74, 6) is 0. The molecule has 57 heavy (non-hydrogen) atoms. The van der Waals surface area contributed by atoms with Crippen LogP contribution in [-0.2, 0) is 12.8 Å². The topological polar surface area (TPSA) is 4.93 Å². The fourth-order valence-electron chi connectivity index (χ4n) is 9.46. The zero-order valence-corrected chi connectivity index (χ0v) is 32.2. The number of aromatic nitrogens is 1. The van der Waals surface area contributed by atoms with Gasteiger partial charge >= 0.3 is 0 Å². The summed E-state index contributed by atoms with van der Waals surface area (Å²) in [5.41, 5.74) is 20.7. The number of benzene rings is 8. The second-order valence-corrected chi connectivity index (χ2v) is 16.7. The van der Waals surface area contributed by atoms with Gasteiger partial charge in [0.05, 0.1) is 5.52 Å². The predicted molar refractivity (Wildman–Crippen MR) is 244 cm³/mol. The van der Waals surface area contributed by atoms with Crippen molar-refractivity contribution < 1.29 is 0 Å². The van der Waals surface area contributed by atoms with Crippen LogP contribution in [0.1, 0.15) is 28.8 Å². The standard InChI is InChI=1S/C55H37NS/c1-2-10-35(11-3-1)39-24-26-54-50(33-39)51-34-42(25-27-55(51)57-54)41-21-23-44-29-43-22-20-40(31-48(43)49(44)32-41)37-13-8-12-36(28-37)38-14-9-15-45(30-38)56-52-18-6-4-16-46(52)47-17-5-7-19-53(47)56/h1-4,6-16,18-28,30-34H,5,17,29H2. The van der Waals surface area contributed by atoms with Crippen molar-refractivity contribution in [1.82, 2.24) is 4.57 Å². The van der Waals surface area contributed by atoms with Crippen molar-refractivity contribution in [3.63, 3.8) is 0 Å². The summed E-state index contributed by atoms with van der Waals surface area (Å²) in [6.45, 7) is 0. The molecule has 2 aromatic heterocycles. The van der Waals surface area contributed by atoms with Crippen LogP contribution in [0.4, 0.5) is 0 Å². The van der Waals surface area contributed by atoms with E-state index in [0.717, 1.165) is 19.3 Å². The van der Waals surface area contributed by atoms with Crippen LogP contribution in [0, 0.1) is 0 Å². The monoisotopic (exact) mass is 743 g/mol. The zero-order chi connectivity index (χ0) is 37.5. The highest BCUT2D eigenvalue weighted by Crippen LogP contribution is 2.43. The summed E-state index contributed by atoms with van der Waals surface area (Å²) in [6.07, 6.45) is 7.79. The number of fused-ring (bicyclic) bond motifs is 9. The molecule has 2 heterocycles. The van der Waals surface area contributed by atoms with Gasteiger partial charge in [0.15, 0.2) is 0 Å². The minimum atomic E-state index is 0.974. The summed E-state index contributed by atoms with van der Waals surface area (Å²) in [4.78, 5) is 0. The van der Waals surface area contributed by atoms with E-state index in [0.29, 0.717) is 0 Å². The Balaban J connectivity index is 0.890. The highest BCUT2D eigenvalue weighted by Gasteiger charge is 2.21. The van der Waals surface area contributed by atoms with Crippen LogP contribution in [0.25, 0.3) is 98.5 Å². The zero-order valence-electron chi connectivity index (χ0n) is 31.4. The van der Waals surface area contributed by atoms with Crippen molar-refractivity contribution in [3.05, 3.63) is 204 Å². The van der Waals surface area contributed by atoms with E-state index in [2.05, 4.69) is 193 Å². The van der Waals surface area contributed by atoms with Gasteiger partial charge in [-0.25, -0.2) is 0 Å². The first kappa shape index (κ1) is 32.5. The SMILES string of the molecule is C1=Cc2c(c3ccccc3n2-c2cccc(-c3cccc(-c4ccc5c(c4)-c4cc(-c6ccc7sc8ccc(-c9ccccc9)cc8c7c6)ccc4C5)c3)c2)CC1. The molecule has 0 bridgehead atoms. The van der Waals surface area contributed by atoms with Gasteiger partial charge < -0.3 is 4.57 Å². The van der Waals surface area contributed by atoms with Gasteiger partial charge in [0, 0.05) is 36.9 Å². The maximum absolute atomic E-state index is 2.45. The minimum absolute atomic E-state index is 0.974. The number of hydrogen-bond acceptors (Lipinski definition) is 1. The minimum Gasteiger partial charge on any atom is -0.310 e. The molecular weight excluding hydrogens is 707 g/mol. The van der Waals surface area contributed by atoms with Gasteiger partial charge in [-0.15, -0.1) is 11.3 Å².